The summed E-state index contributed by atoms with van der Waals surface area (Å²) in [5.41, 5.74) is 1.16. The Labute approximate surface area is 246 Å². The molecule has 1 saturated carbocycles. The van der Waals surface area contributed by atoms with E-state index in [4.69, 9.17) is 0 Å². The van der Waals surface area contributed by atoms with E-state index >= 15 is 0 Å². The van der Waals surface area contributed by atoms with Gasteiger partial charge in [0.05, 0.1) is 10.6 Å². The number of carbonyl (C=O) groups is 2. The molecule has 0 radical (unpaired) electrons. The van der Waals surface area contributed by atoms with Gasteiger partial charge in [-0.15, -0.1) is 0 Å². The van der Waals surface area contributed by atoms with Crippen LogP contribution in [-0.4, -0.2) is 43.8 Å². The van der Waals surface area contributed by atoms with E-state index in [0.717, 1.165) is 40.0 Å². The predicted octanol–water partition coefficient (Wildman–Crippen LogP) is 5.88. The maximum absolute atomic E-state index is 14.0. The van der Waals surface area contributed by atoms with Crippen molar-refractivity contribution in [3.05, 3.63) is 93.4 Å². The summed E-state index contributed by atoms with van der Waals surface area (Å²) in [6.07, 6.45) is 3.98. The summed E-state index contributed by atoms with van der Waals surface area (Å²) in [4.78, 5) is 28.8. The molecule has 1 aliphatic carbocycles. The number of rotatable bonds is 10. The summed E-state index contributed by atoms with van der Waals surface area (Å²) in [6, 6.07) is 21.6. The molecule has 0 saturated heterocycles. The van der Waals surface area contributed by atoms with E-state index in [0.29, 0.717) is 10.2 Å². The average molecular weight is 677 g/mol. The Morgan fingerprint density at radius 1 is 0.923 bits per heavy atom. The van der Waals surface area contributed by atoms with Crippen LogP contribution in [0.15, 0.2) is 92.7 Å². The number of hydrogen-bond acceptors (Lipinski definition) is 4. The quantitative estimate of drug-likeness (QED) is 0.291. The van der Waals surface area contributed by atoms with Crippen molar-refractivity contribution in [3.63, 3.8) is 0 Å². The first-order chi connectivity index (χ1) is 18.6. The monoisotopic (exact) mass is 675 g/mol. The van der Waals surface area contributed by atoms with Crippen LogP contribution in [0.2, 0.25) is 0 Å². The van der Waals surface area contributed by atoms with Gasteiger partial charge in [-0.2, -0.15) is 0 Å². The van der Waals surface area contributed by atoms with Crippen LogP contribution in [0.1, 0.15) is 38.2 Å². The lowest BCUT2D eigenvalue weighted by Gasteiger charge is -2.32. The van der Waals surface area contributed by atoms with Crippen molar-refractivity contribution in [2.75, 3.05) is 10.8 Å². The molecular formula is C29H31Br2N3O4S. The fourth-order valence-electron chi connectivity index (χ4n) is 4.69. The largest absolute Gasteiger partial charge is 0.352 e. The molecular weight excluding hydrogens is 646 g/mol. The highest BCUT2D eigenvalue weighted by Gasteiger charge is 2.33. The third kappa shape index (κ3) is 7.49. The van der Waals surface area contributed by atoms with Gasteiger partial charge in [0.1, 0.15) is 12.6 Å². The van der Waals surface area contributed by atoms with Crippen molar-refractivity contribution >= 4 is 59.4 Å². The molecule has 39 heavy (non-hydrogen) atoms. The molecule has 1 atom stereocenters. The van der Waals surface area contributed by atoms with Gasteiger partial charge in [-0.1, -0.05) is 81.1 Å². The highest BCUT2D eigenvalue weighted by Crippen LogP contribution is 2.27. The van der Waals surface area contributed by atoms with Crippen LogP contribution >= 0.6 is 31.9 Å². The van der Waals surface area contributed by atoms with Crippen molar-refractivity contribution in [1.82, 2.24) is 10.2 Å². The second-order valence-electron chi connectivity index (χ2n) is 9.62. The maximum Gasteiger partial charge on any atom is 0.264 e. The molecule has 206 valence electrons. The summed E-state index contributed by atoms with van der Waals surface area (Å²) >= 11 is 6.88. The summed E-state index contributed by atoms with van der Waals surface area (Å²) in [6.45, 7) is 1.37. The van der Waals surface area contributed by atoms with Crippen molar-refractivity contribution < 1.29 is 18.0 Å². The molecule has 1 aliphatic rings. The number of sulfonamides is 1. The zero-order valence-electron chi connectivity index (χ0n) is 21.6. The van der Waals surface area contributed by atoms with Gasteiger partial charge in [0.25, 0.3) is 10.0 Å². The molecule has 0 aromatic heterocycles. The van der Waals surface area contributed by atoms with Gasteiger partial charge in [0.15, 0.2) is 0 Å². The minimum absolute atomic E-state index is 0.0725. The molecule has 1 N–H and O–H groups in total. The van der Waals surface area contributed by atoms with Crippen LogP contribution in [0.3, 0.4) is 0 Å². The molecule has 0 unspecified atom stereocenters. The van der Waals surface area contributed by atoms with E-state index in [2.05, 4.69) is 37.2 Å². The molecule has 0 spiro atoms. The first kappa shape index (κ1) is 29.3. The van der Waals surface area contributed by atoms with Crippen molar-refractivity contribution in [1.29, 1.82) is 0 Å². The minimum Gasteiger partial charge on any atom is -0.352 e. The Balaban J connectivity index is 1.68. The Morgan fingerprint density at radius 3 is 2.21 bits per heavy atom. The highest BCUT2D eigenvalue weighted by molar-refractivity contribution is 9.10. The summed E-state index contributed by atoms with van der Waals surface area (Å²) < 4.78 is 30.2. The minimum atomic E-state index is -4.09. The number of carbonyl (C=O) groups excluding carboxylic acids is 2. The van der Waals surface area contributed by atoms with Crippen LogP contribution in [0.25, 0.3) is 0 Å². The molecule has 4 rings (SSSR count). The maximum atomic E-state index is 14.0. The fraction of sp³-hybridized carbons (Fsp3) is 0.310. The molecule has 7 nitrogen and oxygen atoms in total. The molecule has 2 amide bonds. The molecule has 10 heteroatoms. The Bertz CT molecular complexity index is 1410. The van der Waals surface area contributed by atoms with Crippen LogP contribution < -0.4 is 9.62 Å². The van der Waals surface area contributed by atoms with Crippen molar-refractivity contribution in [2.45, 2.75) is 56.1 Å². The number of halogens is 2. The number of nitrogens with zero attached hydrogens (tertiary/aromatic N) is 2. The standard InChI is InChI=1S/C29H31Br2N3O4S/c1-21(29(36)32-25-12-5-6-13-25)33(19-22-9-7-10-23(30)17-22)28(35)20-34(26-14-8-11-24(31)18-26)39(37,38)27-15-3-2-4-16-27/h2-4,7-11,14-18,21,25H,5-6,12-13,19-20H2,1H3,(H,32,36)/t21-/m1/s1. The molecule has 3 aromatic rings. The number of amides is 2. The SMILES string of the molecule is C[C@H](C(=O)NC1CCCC1)N(Cc1cccc(Br)c1)C(=O)CN(c1cccc(Br)c1)S(=O)(=O)c1ccccc1. The molecule has 0 heterocycles. The second kappa shape index (κ2) is 13.1. The van der Waals surface area contributed by atoms with E-state index in [-0.39, 0.29) is 23.4 Å². The van der Waals surface area contributed by atoms with Gasteiger partial charge in [-0.25, -0.2) is 8.42 Å². The zero-order chi connectivity index (χ0) is 28.0. The van der Waals surface area contributed by atoms with Gasteiger partial charge >= 0.3 is 0 Å². The van der Waals surface area contributed by atoms with Gasteiger partial charge in [0, 0.05) is 21.5 Å². The third-order valence-corrected chi connectivity index (χ3v) is 9.59. The van der Waals surface area contributed by atoms with E-state index < -0.39 is 28.5 Å². The van der Waals surface area contributed by atoms with Gasteiger partial charge < -0.3 is 10.2 Å². The first-order valence-corrected chi connectivity index (χ1v) is 15.9. The fourth-order valence-corrected chi connectivity index (χ4v) is 6.95. The van der Waals surface area contributed by atoms with Crippen LogP contribution in [-0.2, 0) is 26.2 Å². The Morgan fingerprint density at radius 2 is 1.56 bits per heavy atom. The average Bonchev–Trinajstić information content (AvgIpc) is 3.43. The van der Waals surface area contributed by atoms with Crippen LogP contribution in [0.4, 0.5) is 5.69 Å². The summed E-state index contributed by atoms with van der Waals surface area (Å²) in [7, 11) is -4.09. The normalized spacial score (nSPS) is 14.5. The lowest BCUT2D eigenvalue weighted by Crippen LogP contribution is -2.52. The summed E-state index contributed by atoms with van der Waals surface area (Å²) in [5, 5.41) is 3.08. The van der Waals surface area contributed by atoms with E-state index in [1.54, 1.807) is 49.4 Å². The number of hydrogen-bond donors (Lipinski definition) is 1. The van der Waals surface area contributed by atoms with Gasteiger partial charge in [-0.3, -0.25) is 13.9 Å². The molecule has 3 aromatic carbocycles. The molecule has 0 bridgehead atoms. The number of nitrogens with one attached hydrogen (secondary N) is 1. The topological polar surface area (TPSA) is 86.8 Å². The number of benzene rings is 3. The Kier molecular flexibility index (Phi) is 9.85. The van der Waals surface area contributed by atoms with Crippen molar-refractivity contribution in [2.24, 2.45) is 0 Å². The summed E-state index contributed by atoms with van der Waals surface area (Å²) in [5.74, 6) is -0.728. The number of anilines is 1. The molecule has 1 fully saturated rings. The lowest BCUT2D eigenvalue weighted by atomic mass is 10.1. The van der Waals surface area contributed by atoms with E-state index in [1.165, 1.54) is 17.0 Å². The van der Waals surface area contributed by atoms with Crippen molar-refractivity contribution in [3.8, 4) is 0 Å². The van der Waals surface area contributed by atoms with Gasteiger partial charge in [0.2, 0.25) is 11.8 Å². The first-order valence-electron chi connectivity index (χ1n) is 12.8. The molecule has 0 aliphatic heterocycles. The van der Waals surface area contributed by atoms with Gasteiger partial charge in [-0.05, 0) is 67.8 Å². The zero-order valence-corrected chi connectivity index (χ0v) is 25.6. The van der Waals surface area contributed by atoms with E-state index in [1.807, 2.05) is 24.3 Å². The highest BCUT2D eigenvalue weighted by atomic mass is 79.9. The smallest absolute Gasteiger partial charge is 0.264 e. The second-order valence-corrected chi connectivity index (χ2v) is 13.3. The Hall–Kier alpha value is -2.69. The predicted molar refractivity (Wildman–Crippen MR) is 160 cm³/mol. The lowest BCUT2D eigenvalue weighted by molar-refractivity contribution is -0.139. The van der Waals surface area contributed by atoms with Crippen LogP contribution in [0.5, 0.6) is 0 Å². The van der Waals surface area contributed by atoms with E-state index in [9.17, 15) is 18.0 Å². The third-order valence-electron chi connectivity index (χ3n) is 6.82. The van der Waals surface area contributed by atoms with Crippen LogP contribution in [0, 0.1) is 0 Å².